The van der Waals surface area contributed by atoms with Crippen LogP contribution in [0, 0.1) is 13.8 Å². The summed E-state index contributed by atoms with van der Waals surface area (Å²) in [4.78, 5) is 16.0. The van der Waals surface area contributed by atoms with E-state index in [1.807, 2.05) is 13.0 Å². The highest BCUT2D eigenvalue weighted by molar-refractivity contribution is 7.15. The zero-order chi connectivity index (χ0) is 14.7. The fraction of sp³-hybridized carbons (Fsp3) is 0.333. The number of rotatable bonds is 5. The first kappa shape index (κ1) is 14.5. The second-order valence-corrected chi connectivity index (χ2v) is 5.77. The van der Waals surface area contributed by atoms with Crippen LogP contribution in [0.3, 0.4) is 0 Å². The summed E-state index contributed by atoms with van der Waals surface area (Å²) in [6, 6.07) is 6.19. The van der Waals surface area contributed by atoms with Crippen LogP contribution in [0.1, 0.15) is 28.6 Å². The van der Waals surface area contributed by atoms with Crippen molar-refractivity contribution in [2.75, 3.05) is 5.32 Å². The van der Waals surface area contributed by atoms with Crippen molar-refractivity contribution < 1.29 is 9.90 Å². The highest BCUT2D eigenvalue weighted by atomic mass is 32.1. The molecule has 2 N–H and O–H groups in total. The van der Waals surface area contributed by atoms with Gasteiger partial charge in [0.2, 0.25) is 0 Å². The number of nitrogens with one attached hydrogen (secondary N) is 1. The molecular formula is C15H18N2O2S. The standard InChI is InChI=1S/C15H18N2O2S/c1-4-11-7-5-6-9(2)14(11)17-15-16-10(3)12(20-15)8-13(18)19/h5-7H,4,8H2,1-3H3,(H,16,17)(H,18,19). The summed E-state index contributed by atoms with van der Waals surface area (Å²) in [6.45, 7) is 6.02. The van der Waals surface area contributed by atoms with Gasteiger partial charge in [0.05, 0.1) is 12.1 Å². The quantitative estimate of drug-likeness (QED) is 0.881. The second kappa shape index (κ2) is 6.05. The summed E-state index contributed by atoms with van der Waals surface area (Å²) in [5, 5.41) is 13.0. The summed E-state index contributed by atoms with van der Waals surface area (Å²) in [5.41, 5.74) is 4.26. The lowest BCUT2D eigenvalue weighted by Gasteiger charge is -2.11. The van der Waals surface area contributed by atoms with Gasteiger partial charge < -0.3 is 10.4 Å². The van der Waals surface area contributed by atoms with Gasteiger partial charge in [0, 0.05) is 10.6 Å². The number of hydrogen-bond donors (Lipinski definition) is 2. The van der Waals surface area contributed by atoms with Crippen molar-refractivity contribution in [2.45, 2.75) is 33.6 Å². The average Bonchev–Trinajstić information content (AvgIpc) is 2.71. The van der Waals surface area contributed by atoms with Crippen LogP contribution < -0.4 is 5.32 Å². The van der Waals surface area contributed by atoms with E-state index >= 15 is 0 Å². The van der Waals surface area contributed by atoms with Crippen LogP contribution in [0.15, 0.2) is 18.2 Å². The van der Waals surface area contributed by atoms with Crippen molar-refractivity contribution in [3.8, 4) is 0 Å². The molecule has 0 aliphatic heterocycles. The normalized spacial score (nSPS) is 10.6. The topological polar surface area (TPSA) is 62.2 Å². The van der Waals surface area contributed by atoms with Crippen LogP contribution in [0.2, 0.25) is 0 Å². The maximum atomic E-state index is 10.8. The Bertz CT molecular complexity index is 635. The Kier molecular flexibility index (Phi) is 4.39. The first-order chi connectivity index (χ1) is 9.51. The van der Waals surface area contributed by atoms with Crippen LogP contribution >= 0.6 is 11.3 Å². The molecule has 1 heterocycles. The van der Waals surface area contributed by atoms with Gasteiger partial charge in [-0.1, -0.05) is 25.1 Å². The second-order valence-electron chi connectivity index (χ2n) is 4.69. The van der Waals surface area contributed by atoms with E-state index in [-0.39, 0.29) is 6.42 Å². The van der Waals surface area contributed by atoms with Crippen molar-refractivity contribution in [2.24, 2.45) is 0 Å². The number of carboxylic acid groups (broad SMARTS) is 1. The maximum Gasteiger partial charge on any atom is 0.308 e. The molecule has 0 unspecified atom stereocenters. The number of aromatic nitrogens is 1. The zero-order valence-corrected chi connectivity index (χ0v) is 12.7. The minimum absolute atomic E-state index is 0.0274. The Hall–Kier alpha value is -1.88. The van der Waals surface area contributed by atoms with E-state index < -0.39 is 5.97 Å². The van der Waals surface area contributed by atoms with Gasteiger partial charge in [0.15, 0.2) is 5.13 Å². The number of thiazole rings is 1. The highest BCUT2D eigenvalue weighted by Gasteiger charge is 2.12. The molecule has 0 aliphatic carbocycles. The summed E-state index contributed by atoms with van der Waals surface area (Å²) in [5.74, 6) is -0.826. The number of aryl methyl sites for hydroxylation is 3. The molecule has 0 atom stereocenters. The minimum Gasteiger partial charge on any atom is -0.481 e. The molecule has 0 aliphatic rings. The molecule has 1 aromatic heterocycles. The van der Waals surface area contributed by atoms with Crippen LogP contribution in [-0.2, 0) is 17.6 Å². The minimum atomic E-state index is -0.826. The van der Waals surface area contributed by atoms with Crippen molar-refractivity contribution in [3.63, 3.8) is 0 Å². The monoisotopic (exact) mass is 290 g/mol. The lowest BCUT2D eigenvalue weighted by atomic mass is 10.1. The van der Waals surface area contributed by atoms with Gasteiger partial charge in [0.1, 0.15) is 0 Å². The molecule has 0 saturated carbocycles. The van der Waals surface area contributed by atoms with Crippen molar-refractivity contribution >= 4 is 28.1 Å². The molecule has 0 fully saturated rings. The average molecular weight is 290 g/mol. The molecule has 1 aromatic carbocycles. The number of carbonyl (C=O) groups is 1. The van der Waals surface area contributed by atoms with E-state index in [0.29, 0.717) is 0 Å². The molecule has 106 valence electrons. The molecule has 0 saturated heterocycles. The molecule has 0 radical (unpaired) electrons. The molecule has 20 heavy (non-hydrogen) atoms. The van der Waals surface area contributed by atoms with Gasteiger partial charge in [-0.05, 0) is 31.4 Å². The Morgan fingerprint density at radius 3 is 2.80 bits per heavy atom. The van der Waals surface area contributed by atoms with E-state index in [9.17, 15) is 4.79 Å². The summed E-state index contributed by atoms with van der Waals surface area (Å²) in [7, 11) is 0. The fourth-order valence-electron chi connectivity index (χ4n) is 2.09. The first-order valence-electron chi connectivity index (χ1n) is 6.54. The number of para-hydroxylation sites is 1. The van der Waals surface area contributed by atoms with Gasteiger partial charge in [0.25, 0.3) is 0 Å². The van der Waals surface area contributed by atoms with E-state index in [4.69, 9.17) is 5.11 Å². The number of benzene rings is 1. The van der Waals surface area contributed by atoms with Gasteiger partial charge in [-0.2, -0.15) is 0 Å². The van der Waals surface area contributed by atoms with Gasteiger partial charge in [-0.25, -0.2) is 4.98 Å². The Morgan fingerprint density at radius 2 is 2.15 bits per heavy atom. The lowest BCUT2D eigenvalue weighted by molar-refractivity contribution is -0.136. The van der Waals surface area contributed by atoms with E-state index in [2.05, 4.69) is 36.3 Å². The van der Waals surface area contributed by atoms with Crippen LogP contribution in [0.4, 0.5) is 10.8 Å². The summed E-state index contributed by atoms with van der Waals surface area (Å²) in [6.07, 6.45) is 0.968. The van der Waals surface area contributed by atoms with Crippen molar-refractivity contribution in [1.82, 2.24) is 4.98 Å². The molecule has 2 aromatic rings. The fourth-order valence-corrected chi connectivity index (χ4v) is 3.05. The Labute approximate surface area is 122 Å². The van der Waals surface area contributed by atoms with Crippen LogP contribution in [-0.4, -0.2) is 16.1 Å². The largest absolute Gasteiger partial charge is 0.481 e. The van der Waals surface area contributed by atoms with Crippen molar-refractivity contribution in [3.05, 3.63) is 39.9 Å². The number of anilines is 2. The Morgan fingerprint density at radius 1 is 1.40 bits per heavy atom. The molecule has 0 amide bonds. The van der Waals surface area contributed by atoms with Crippen LogP contribution in [0.25, 0.3) is 0 Å². The molecule has 4 nitrogen and oxygen atoms in total. The van der Waals surface area contributed by atoms with Crippen LogP contribution in [0.5, 0.6) is 0 Å². The van der Waals surface area contributed by atoms with Gasteiger partial charge in [-0.15, -0.1) is 11.3 Å². The number of aliphatic carboxylic acids is 1. The SMILES string of the molecule is CCc1cccc(C)c1Nc1nc(C)c(CC(=O)O)s1. The Balaban J connectivity index is 2.29. The van der Waals surface area contributed by atoms with Crippen molar-refractivity contribution in [1.29, 1.82) is 0 Å². The molecule has 0 spiro atoms. The molecular weight excluding hydrogens is 272 g/mol. The predicted octanol–water partition coefficient (Wildman–Crippen LogP) is 3.69. The number of carboxylic acids is 1. The molecule has 2 rings (SSSR count). The third-order valence-electron chi connectivity index (χ3n) is 3.18. The van der Waals surface area contributed by atoms with E-state index in [1.165, 1.54) is 16.9 Å². The summed E-state index contributed by atoms with van der Waals surface area (Å²) < 4.78 is 0. The molecule has 5 heteroatoms. The maximum absolute atomic E-state index is 10.8. The van der Waals surface area contributed by atoms with Gasteiger partial charge >= 0.3 is 5.97 Å². The van der Waals surface area contributed by atoms with E-state index in [0.717, 1.165) is 33.4 Å². The lowest BCUT2D eigenvalue weighted by Crippen LogP contribution is -1.99. The van der Waals surface area contributed by atoms with Gasteiger partial charge in [-0.3, -0.25) is 4.79 Å². The highest BCUT2D eigenvalue weighted by Crippen LogP contribution is 2.30. The zero-order valence-electron chi connectivity index (χ0n) is 11.9. The smallest absolute Gasteiger partial charge is 0.308 e. The predicted molar refractivity (Wildman–Crippen MR) is 82.0 cm³/mol. The third kappa shape index (κ3) is 3.17. The van der Waals surface area contributed by atoms with E-state index in [1.54, 1.807) is 0 Å². The third-order valence-corrected chi connectivity index (χ3v) is 4.25. The summed E-state index contributed by atoms with van der Waals surface area (Å²) >= 11 is 1.41. The number of nitrogens with zero attached hydrogens (tertiary/aromatic N) is 1. The number of hydrogen-bond acceptors (Lipinski definition) is 4. The first-order valence-corrected chi connectivity index (χ1v) is 7.36. The molecule has 0 bridgehead atoms.